The van der Waals surface area contributed by atoms with E-state index >= 15 is 0 Å². The molecule has 0 aromatic heterocycles. The van der Waals surface area contributed by atoms with Crippen LogP contribution in [0, 0.1) is 6.92 Å². The van der Waals surface area contributed by atoms with Crippen molar-refractivity contribution >= 4 is 5.91 Å². The third-order valence-corrected chi connectivity index (χ3v) is 4.88. The summed E-state index contributed by atoms with van der Waals surface area (Å²) in [4.78, 5) is 14.7. The lowest BCUT2D eigenvalue weighted by molar-refractivity contribution is -0.137. The Morgan fingerprint density at radius 3 is 2.25 bits per heavy atom. The van der Waals surface area contributed by atoms with Crippen molar-refractivity contribution in [2.24, 2.45) is 0 Å². The summed E-state index contributed by atoms with van der Waals surface area (Å²) < 4.78 is 43.5. The van der Waals surface area contributed by atoms with Crippen LogP contribution >= 0.6 is 0 Å². The van der Waals surface area contributed by atoms with Gasteiger partial charge in [-0.3, -0.25) is 9.69 Å². The third-order valence-electron chi connectivity index (χ3n) is 4.88. The maximum atomic E-state index is 12.7. The molecule has 0 aliphatic carbocycles. The molecule has 1 aliphatic rings. The van der Waals surface area contributed by atoms with E-state index in [9.17, 15) is 18.0 Å². The number of alkyl halides is 3. The number of rotatable bonds is 5. The van der Waals surface area contributed by atoms with Gasteiger partial charge in [-0.2, -0.15) is 13.2 Å². The lowest BCUT2D eigenvalue weighted by atomic mass is 10.0. The van der Waals surface area contributed by atoms with Gasteiger partial charge in [0.2, 0.25) is 0 Å². The van der Waals surface area contributed by atoms with Crippen molar-refractivity contribution < 1.29 is 22.7 Å². The van der Waals surface area contributed by atoms with Gasteiger partial charge < -0.3 is 10.1 Å². The van der Waals surface area contributed by atoms with Crippen molar-refractivity contribution in [1.82, 2.24) is 10.2 Å². The lowest BCUT2D eigenvalue weighted by Crippen LogP contribution is -2.43. The van der Waals surface area contributed by atoms with Crippen molar-refractivity contribution in [3.05, 3.63) is 70.8 Å². The number of carbonyl (C=O) groups is 1. The molecule has 0 unspecified atom stereocenters. The van der Waals surface area contributed by atoms with Gasteiger partial charge in [0.15, 0.2) is 0 Å². The molecule has 28 heavy (non-hydrogen) atoms. The van der Waals surface area contributed by atoms with Gasteiger partial charge in [-0.25, -0.2) is 0 Å². The summed E-state index contributed by atoms with van der Waals surface area (Å²) in [5, 5.41) is 2.86. The van der Waals surface area contributed by atoms with Gasteiger partial charge in [0, 0.05) is 25.2 Å². The Morgan fingerprint density at radius 1 is 1.07 bits per heavy atom. The Labute approximate surface area is 162 Å². The number of nitrogens with zero attached hydrogens (tertiary/aromatic N) is 1. The standard InChI is InChI=1S/C21H23F3N2O2/c1-15-2-4-16(5-3-15)19(26-10-12-28-13-11-26)14-25-20(27)17-6-8-18(9-7-17)21(22,23)24/h2-9,19H,10-14H2,1H3,(H,25,27)/t19-/m1/s1. The largest absolute Gasteiger partial charge is 0.416 e. The van der Waals surface area contributed by atoms with E-state index in [1.165, 1.54) is 12.1 Å². The number of hydrogen-bond acceptors (Lipinski definition) is 3. The molecule has 7 heteroatoms. The zero-order valence-corrected chi connectivity index (χ0v) is 15.6. The van der Waals surface area contributed by atoms with Gasteiger partial charge in [-0.05, 0) is 36.8 Å². The fourth-order valence-corrected chi connectivity index (χ4v) is 3.24. The van der Waals surface area contributed by atoms with Gasteiger partial charge in [0.25, 0.3) is 5.91 Å². The average molecular weight is 392 g/mol. The molecule has 2 aromatic carbocycles. The summed E-state index contributed by atoms with van der Waals surface area (Å²) in [5.41, 5.74) is 1.67. The minimum absolute atomic E-state index is 0.0251. The molecule has 150 valence electrons. The normalized spacial score (nSPS) is 16.6. The monoisotopic (exact) mass is 392 g/mol. The predicted octanol–water partition coefficient (Wildman–Crippen LogP) is 3.82. The van der Waals surface area contributed by atoms with Crippen LogP contribution in [0.3, 0.4) is 0 Å². The van der Waals surface area contributed by atoms with E-state index in [-0.39, 0.29) is 17.5 Å². The predicted molar refractivity (Wildman–Crippen MR) is 100 cm³/mol. The van der Waals surface area contributed by atoms with Gasteiger partial charge in [0.1, 0.15) is 0 Å². The van der Waals surface area contributed by atoms with E-state index < -0.39 is 11.7 Å². The van der Waals surface area contributed by atoms with Crippen molar-refractivity contribution in [3.63, 3.8) is 0 Å². The number of nitrogens with one attached hydrogen (secondary N) is 1. The zero-order chi connectivity index (χ0) is 20.1. The number of hydrogen-bond donors (Lipinski definition) is 1. The number of carbonyl (C=O) groups excluding carboxylic acids is 1. The molecule has 0 bridgehead atoms. The van der Waals surface area contributed by atoms with E-state index in [0.717, 1.165) is 36.3 Å². The summed E-state index contributed by atoms with van der Waals surface area (Å²) in [6.45, 7) is 5.16. The lowest BCUT2D eigenvalue weighted by Gasteiger charge is -2.35. The first-order valence-electron chi connectivity index (χ1n) is 9.18. The van der Waals surface area contributed by atoms with E-state index in [1.54, 1.807) is 0 Å². The van der Waals surface area contributed by atoms with Crippen LogP contribution in [0.15, 0.2) is 48.5 Å². The summed E-state index contributed by atoms with van der Waals surface area (Å²) in [5.74, 6) is -0.390. The quantitative estimate of drug-likeness (QED) is 0.841. The van der Waals surface area contributed by atoms with E-state index in [4.69, 9.17) is 4.74 Å². The second kappa shape index (κ2) is 8.75. The third kappa shape index (κ3) is 5.11. The Balaban J connectivity index is 1.70. The number of benzene rings is 2. The van der Waals surface area contributed by atoms with E-state index in [0.29, 0.717) is 19.8 Å². The molecule has 1 N–H and O–H groups in total. The van der Waals surface area contributed by atoms with Gasteiger partial charge in [-0.15, -0.1) is 0 Å². The molecule has 2 aromatic rings. The summed E-state index contributed by atoms with van der Waals surface area (Å²) in [6.07, 6.45) is -4.41. The van der Waals surface area contributed by atoms with Crippen molar-refractivity contribution in [3.8, 4) is 0 Å². The molecule has 1 aliphatic heterocycles. The number of ether oxygens (including phenoxy) is 1. The number of aryl methyl sites for hydroxylation is 1. The first-order valence-corrected chi connectivity index (χ1v) is 9.18. The van der Waals surface area contributed by atoms with Crippen LogP contribution in [0.1, 0.15) is 33.1 Å². The van der Waals surface area contributed by atoms with Crippen LogP contribution in [-0.2, 0) is 10.9 Å². The van der Waals surface area contributed by atoms with Crippen LogP contribution in [0.2, 0.25) is 0 Å². The van der Waals surface area contributed by atoms with Crippen LogP contribution < -0.4 is 5.32 Å². The van der Waals surface area contributed by atoms with E-state index in [2.05, 4.69) is 10.2 Å². The van der Waals surface area contributed by atoms with Crippen molar-refractivity contribution in [2.75, 3.05) is 32.8 Å². The highest BCUT2D eigenvalue weighted by Crippen LogP contribution is 2.29. The topological polar surface area (TPSA) is 41.6 Å². The highest BCUT2D eigenvalue weighted by atomic mass is 19.4. The molecule has 1 atom stereocenters. The summed E-state index contributed by atoms with van der Waals surface area (Å²) >= 11 is 0. The van der Waals surface area contributed by atoms with Gasteiger partial charge in [-0.1, -0.05) is 29.8 Å². The minimum atomic E-state index is -4.41. The maximum absolute atomic E-state index is 12.7. The fraction of sp³-hybridized carbons (Fsp3) is 0.381. The molecular weight excluding hydrogens is 369 g/mol. The number of halogens is 3. The molecule has 1 heterocycles. The van der Waals surface area contributed by atoms with Crippen LogP contribution in [0.5, 0.6) is 0 Å². The molecule has 3 rings (SSSR count). The van der Waals surface area contributed by atoms with Gasteiger partial charge >= 0.3 is 6.18 Å². The molecular formula is C21H23F3N2O2. The Hall–Kier alpha value is -2.38. The average Bonchev–Trinajstić information content (AvgIpc) is 2.69. The highest BCUT2D eigenvalue weighted by Gasteiger charge is 2.30. The van der Waals surface area contributed by atoms with E-state index in [1.807, 2.05) is 31.2 Å². The Morgan fingerprint density at radius 2 is 1.68 bits per heavy atom. The second-order valence-electron chi connectivity index (χ2n) is 6.86. The SMILES string of the molecule is Cc1ccc([C@@H](CNC(=O)c2ccc(C(F)(F)F)cc2)N2CCOCC2)cc1. The van der Waals surface area contributed by atoms with Crippen LogP contribution in [0.4, 0.5) is 13.2 Å². The molecule has 0 saturated carbocycles. The maximum Gasteiger partial charge on any atom is 0.416 e. The first-order chi connectivity index (χ1) is 13.3. The smallest absolute Gasteiger partial charge is 0.379 e. The molecule has 1 fully saturated rings. The molecule has 0 spiro atoms. The molecule has 0 radical (unpaired) electrons. The summed E-state index contributed by atoms with van der Waals surface area (Å²) in [6, 6.07) is 12.4. The Bertz CT molecular complexity index is 783. The second-order valence-corrected chi connectivity index (χ2v) is 6.86. The summed E-state index contributed by atoms with van der Waals surface area (Å²) in [7, 11) is 0. The fourth-order valence-electron chi connectivity index (χ4n) is 3.24. The minimum Gasteiger partial charge on any atom is -0.379 e. The molecule has 4 nitrogen and oxygen atoms in total. The van der Waals surface area contributed by atoms with Crippen LogP contribution in [0.25, 0.3) is 0 Å². The van der Waals surface area contributed by atoms with Gasteiger partial charge in [0.05, 0.1) is 24.8 Å². The highest BCUT2D eigenvalue weighted by molar-refractivity contribution is 5.94. The van der Waals surface area contributed by atoms with Crippen molar-refractivity contribution in [1.29, 1.82) is 0 Å². The number of morpholine rings is 1. The number of amides is 1. The molecule has 1 saturated heterocycles. The zero-order valence-electron chi connectivity index (χ0n) is 15.6. The Kier molecular flexibility index (Phi) is 6.36. The first kappa shape index (κ1) is 20.4. The molecule has 1 amide bonds. The van der Waals surface area contributed by atoms with Crippen molar-refractivity contribution in [2.45, 2.75) is 19.1 Å². The van der Waals surface area contributed by atoms with Crippen LogP contribution in [-0.4, -0.2) is 43.7 Å².